The third-order valence-electron chi connectivity index (χ3n) is 2.62. The van der Waals surface area contributed by atoms with Gasteiger partial charge in [-0.25, -0.2) is 4.79 Å². The zero-order valence-electron chi connectivity index (χ0n) is 10.1. The summed E-state index contributed by atoms with van der Waals surface area (Å²) >= 11 is 0. The van der Waals surface area contributed by atoms with Crippen molar-refractivity contribution in [3.05, 3.63) is 23.8 Å². The summed E-state index contributed by atoms with van der Waals surface area (Å²) in [5.41, 5.74) is 0.812. The van der Waals surface area contributed by atoms with Gasteiger partial charge in [0.15, 0.2) is 0 Å². The molecular formula is C11H12F3NO4. The summed E-state index contributed by atoms with van der Waals surface area (Å²) < 4.78 is 48.4. The Labute approximate surface area is 106 Å². The molecule has 0 bridgehead atoms. The minimum absolute atomic E-state index is 0.218. The van der Waals surface area contributed by atoms with Gasteiger partial charge in [0.05, 0.1) is 14.2 Å². The first-order valence-corrected chi connectivity index (χ1v) is 5.00. The predicted molar refractivity (Wildman–Crippen MR) is 59.1 cm³/mol. The number of nitrogens with two attached hydrogens (primary N) is 1. The number of alkyl halides is 3. The van der Waals surface area contributed by atoms with E-state index in [1.165, 1.54) is 13.2 Å². The van der Waals surface area contributed by atoms with Crippen molar-refractivity contribution >= 4 is 5.97 Å². The van der Waals surface area contributed by atoms with Crippen molar-refractivity contribution in [2.75, 3.05) is 14.2 Å². The lowest BCUT2D eigenvalue weighted by molar-refractivity contribution is -0.205. The van der Waals surface area contributed by atoms with Crippen molar-refractivity contribution in [1.29, 1.82) is 0 Å². The molecule has 3 N–H and O–H groups in total. The maximum absolute atomic E-state index is 12.9. The largest absolute Gasteiger partial charge is 0.497 e. The van der Waals surface area contributed by atoms with Crippen LogP contribution in [0.5, 0.6) is 11.5 Å². The first kappa shape index (κ1) is 15.1. The topological polar surface area (TPSA) is 81.8 Å². The summed E-state index contributed by atoms with van der Waals surface area (Å²) in [6, 6.07) is 3.22. The van der Waals surface area contributed by atoms with Crippen LogP contribution in [-0.2, 0) is 10.3 Å². The Hall–Kier alpha value is -1.96. The first-order valence-electron chi connectivity index (χ1n) is 5.00. The molecule has 0 heterocycles. The van der Waals surface area contributed by atoms with Crippen molar-refractivity contribution in [2.45, 2.75) is 11.7 Å². The third kappa shape index (κ3) is 2.43. The molecule has 0 radical (unpaired) electrons. The average molecular weight is 279 g/mol. The standard InChI is InChI=1S/C11H12F3NO4/c1-18-6-3-4-7(8(5-6)19-2)10(15,9(16)17)11(12,13)14/h3-5H,15H2,1-2H3,(H,16,17). The van der Waals surface area contributed by atoms with Gasteiger partial charge in [-0.05, 0) is 12.1 Å². The summed E-state index contributed by atoms with van der Waals surface area (Å²) in [6.07, 6.45) is -5.18. The maximum atomic E-state index is 12.9. The number of aliphatic carboxylic acids is 1. The van der Waals surface area contributed by atoms with Crippen LogP contribution < -0.4 is 15.2 Å². The number of ether oxygens (including phenoxy) is 2. The highest BCUT2D eigenvalue weighted by atomic mass is 19.4. The smallest absolute Gasteiger partial charge is 0.421 e. The van der Waals surface area contributed by atoms with Gasteiger partial charge in [0.1, 0.15) is 11.5 Å². The fraction of sp³-hybridized carbons (Fsp3) is 0.364. The molecule has 1 rings (SSSR count). The van der Waals surface area contributed by atoms with Gasteiger partial charge in [0, 0.05) is 11.6 Å². The van der Waals surface area contributed by atoms with Crippen LogP contribution in [0.1, 0.15) is 5.56 Å². The molecule has 1 aromatic rings. The molecule has 0 fully saturated rings. The molecule has 0 aliphatic rings. The number of methoxy groups -OCH3 is 2. The van der Waals surface area contributed by atoms with Crippen LogP contribution in [0.15, 0.2) is 18.2 Å². The van der Waals surface area contributed by atoms with Crippen LogP contribution in [0.25, 0.3) is 0 Å². The second kappa shape index (κ2) is 4.96. The molecule has 5 nitrogen and oxygen atoms in total. The minimum Gasteiger partial charge on any atom is -0.497 e. The zero-order valence-corrected chi connectivity index (χ0v) is 10.1. The summed E-state index contributed by atoms with van der Waals surface area (Å²) in [5.74, 6) is -2.32. The summed E-state index contributed by atoms with van der Waals surface area (Å²) in [7, 11) is 2.42. The van der Waals surface area contributed by atoms with E-state index in [0.29, 0.717) is 0 Å². The lowest BCUT2D eigenvalue weighted by Gasteiger charge is -2.29. The van der Waals surface area contributed by atoms with E-state index < -0.39 is 23.2 Å². The van der Waals surface area contributed by atoms with E-state index in [-0.39, 0.29) is 11.5 Å². The van der Waals surface area contributed by atoms with Gasteiger partial charge in [-0.2, -0.15) is 13.2 Å². The van der Waals surface area contributed by atoms with E-state index in [9.17, 15) is 18.0 Å². The van der Waals surface area contributed by atoms with E-state index in [2.05, 4.69) is 0 Å². The van der Waals surface area contributed by atoms with Crippen LogP contribution in [-0.4, -0.2) is 31.5 Å². The highest BCUT2D eigenvalue weighted by Crippen LogP contribution is 2.42. The Kier molecular flexibility index (Phi) is 3.94. The Morgan fingerprint density at radius 3 is 2.21 bits per heavy atom. The average Bonchev–Trinajstić information content (AvgIpc) is 2.35. The number of carboxylic acids is 1. The summed E-state index contributed by atoms with van der Waals surface area (Å²) in [4.78, 5) is 11.0. The number of carbonyl (C=O) groups is 1. The van der Waals surface area contributed by atoms with Crippen LogP contribution >= 0.6 is 0 Å². The van der Waals surface area contributed by atoms with Crippen molar-refractivity contribution < 1.29 is 32.5 Å². The fourth-order valence-corrected chi connectivity index (χ4v) is 1.51. The van der Waals surface area contributed by atoms with Crippen LogP contribution in [0.3, 0.4) is 0 Å². The van der Waals surface area contributed by atoms with Crippen LogP contribution in [0.2, 0.25) is 0 Å². The Balaban J connectivity index is 3.52. The van der Waals surface area contributed by atoms with Gasteiger partial charge in [0.25, 0.3) is 0 Å². The molecule has 1 unspecified atom stereocenters. The second-order valence-electron chi connectivity index (χ2n) is 3.68. The molecule has 19 heavy (non-hydrogen) atoms. The zero-order chi connectivity index (χ0) is 14.8. The number of benzene rings is 1. The monoisotopic (exact) mass is 279 g/mol. The molecule has 0 saturated carbocycles. The van der Waals surface area contributed by atoms with Crippen LogP contribution in [0, 0.1) is 0 Å². The Morgan fingerprint density at radius 2 is 1.84 bits per heavy atom. The van der Waals surface area contributed by atoms with Gasteiger partial charge < -0.3 is 20.3 Å². The van der Waals surface area contributed by atoms with Gasteiger partial charge in [0.2, 0.25) is 5.54 Å². The Bertz CT molecular complexity index is 489. The Morgan fingerprint density at radius 1 is 1.26 bits per heavy atom. The van der Waals surface area contributed by atoms with E-state index in [1.54, 1.807) is 0 Å². The van der Waals surface area contributed by atoms with Crippen LogP contribution in [0.4, 0.5) is 13.2 Å². The lowest BCUT2D eigenvalue weighted by atomic mass is 9.89. The maximum Gasteiger partial charge on any atom is 0.421 e. The molecule has 0 aromatic heterocycles. The normalized spacial score (nSPS) is 14.6. The molecule has 1 aromatic carbocycles. The quantitative estimate of drug-likeness (QED) is 0.873. The van der Waals surface area contributed by atoms with Crippen molar-refractivity contribution in [1.82, 2.24) is 0 Å². The molecule has 1 atom stereocenters. The van der Waals surface area contributed by atoms with E-state index >= 15 is 0 Å². The number of rotatable bonds is 4. The number of carboxylic acid groups (broad SMARTS) is 1. The van der Waals surface area contributed by atoms with E-state index in [4.69, 9.17) is 20.3 Å². The predicted octanol–water partition coefficient (Wildman–Crippen LogP) is 1.50. The third-order valence-corrected chi connectivity index (χ3v) is 2.62. The minimum atomic E-state index is -5.18. The van der Waals surface area contributed by atoms with Crippen molar-refractivity contribution in [3.63, 3.8) is 0 Å². The first-order chi connectivity index (χ1) is 8.68. The molecule has 0 aliphatic carbocycles. The molecule has 0 spiro atoms. The molecule has 0 saturated heterocycles. The highest BCUT2D eigenvalue weighted by molar-refractivity contribution is 5.83. The van der Waals surface area contributed by atoms with Gasteiger partial charge in [-0.3, -0.25) is 0 Å². The SMILES string of the molecule is COc1ccc(C(N)(C(=O)O)C(F)(F)F)c(OC)c1. The summed E-state index contributed by atoms with van der Waals surface area (Å²) in [5, 5.41) is 8.84. The molecular weight excluding hydrogens is 267 g/mol. The second-order valence-corrected chi connectivity index (χ2v) is 3.68. The highest BCUT2D eigenvalue weighted by Gasteiger charge is 2.60. The number of hydrogen-bond donors (Lipinski definition) is 2. The van der Waals surface area contributed by atoms with E-state index in [0.717, 1.165) is 19.2 Å². The van der Waals surface area contributed by atoms with Crippen molar-refractivity contribution in [3.8, 4) is 11.5 Å². The molecule has 106 valence electrons. The van der Waals surface area contributed by atoms with Gasteiger partial charge >= 0.3 is 12.1 Å². The molecule has 0 aliphatic heterocycles. The van der Waals surface area contributed by atoms with E-state index in [1.807, 2.05) is 0 Å². The fourth-order valence-electron chi connectivity index (χ4n) is 1.51. The number of hydrogen-bond acceptors (Lipinski definition) is 4. The number of halogens is 3. The van der Waals surface area contributed by atoms with Gasteiger partial charge in [-0.15, -0.1) is 0 Å². The van der Waals surface area contributed by atoms with Crippen molar-refractivity contribution in [2.24, 2.45) is 5.73 Å². The summed E-state index contributed by atoms with van der Waals surface area (Å²) in [6.45, 7) is 0. The molecule has 8 heteroatoms. The lowest BCUT2D eigenvalue weighted by Crippen LogP contribution is -2.56. The van der Waals surface area contributed by atoms with Gasteiger partial charge in [-0.1, -0.05) is 0 Å². The molecule has 0 amide bonds.